The molecule has 1 aromatic carbocycles. The molecule has 120 valence electrons. The van der Waals surface area contributed by atoms with E-state index in [1.54, 1.807) is 24.3 Å². The zero-order valence-electron chi connectivity index (χ0n) is 12.3. The standard InChI is InChI=1S/C16H21ClN2O3/c17-13-7-5-11(6-8-13)14(20)9-18-15(21)10-19-16(22)12-3-1-2-4-12/h5-8,12,14,20H,1-4,9-10H2,(H,18,21)(H,19,22). The van der Waals surface area contributed by atoms with Crippen LogP contribution in [-0.2, 0) is 9.59 Å². The van der Waals surface area contributed by atoms with Crippen LogP contribution in [0.1, 0.15) is 37.4 Å². The largest absolute Gasteiger partial charge is 0.387 e. The average Bonchev–Trinajstić information content (AvgIpc) is 3.05. The van der Waals surface area contributed by atoms with Gasteiger partial charge in [0.1, 0.15) is 0 Å². The number of nitrogens with one attached hydrogen (secondary N) is 2. The first kappa shape index (κ1) is 16.8. The Labute approximate surface area is 135 Å². The van der Waals surface area contributed by atoms with E-state index < -0.39 is 6.10 Å². The summed E-state index contributed by atoms with van der Waals surface area (Å²) in [5, 5.41) is 15.8. The molecule has 22 heavy (non-hydrogen) atoms. The highest BCUT2D eigenvalue weighted by atomic mass is 35.5. The number of hydrogen-bond acceptors (Lipinski definition) is 3. The lowest BCUT2D eigenvalue weighted by atomic mass is 10.1. The van der Waals surface area contributed by atoms with Gasteiger partial charge in [0.2, 0.25) is 11.8 Å². The van der Waals surface area contributed by atoms with Crippen LogP contribution in [0.2, 0.25) is 5.02 Å². The molecule has 6 heteroatoms. The van der Waals surface area contributed by atoms with Gasteiger partial charge >= 0.3 is 0 Å². The molecular weight excluding hydrogens is 304 g/mol. The molecule has 0 saturated heterocycles. The van der Waals surface area contributed by atoms with Gasteiger partial charge in [-0.1, -0.05) is 36.6 Å². The smallest absolute Gasteiger partial charge is 0.239 e. The molecule has 2 amide bonds. The Hall–Kier alpha value is -1.59. The van der Waals surface area contributed by atoms with Crippen molar-refractivity contribution in [3.63, 3.8) is 0 Å². The summed E-state index contributed by atoms with van der Waals surface area (Å²) in [5.74, 6) is -0.308. The number of aliphatic hydroxyl groups is 1. The second-order valence-electron chi connectivity index (χ2n) is 5.57. The van der Waals surface area contributed by atoms with Crippen LogP contribution >= 0.6 is 11.6 Å². The predicted molar refractivity (Wildman–Crippen MR) is 84.4 cm³/mol. The van der Waals surface area contributed by atoms with E-state index in [0.29, 0.717) is 10.6 Å². The molecule has 0 aromatic heterocycles. The highest BCUT2D eigenvalue weighted by Gasteiger charge is 2.22. The zero-order valence-corrected chi connectivity index (χ0v) is 13.1. The molecule has 5 nitrogen and oxygen atoms in total. The van der Waals surface area contributed by atoms with E-state index in [9.17, 15) is 14.7 Å². The van der Waals surface area contributed by atoms with Crippen molar-refractivity contribution >= 4 is 23.4 Å². The van der Waals surface area contributed by atoms with Gasteiger partial charge in [-0.3, -0.25) is 9.59 Å². The van der Waals surface area contributed by atoms with E-state index in [2.05, 4.69) is 10.6 Å². The van der Waals surface area contributed by atoms with E-state index in [0.717, 1.165) is 25.7 Å². The van der Waals surface area contributed by atoms with Crippen LogP contribution in [-0.4, -0.2) is 30.0 Å². The Morgan fingerprint density at radius 3 is 2.45 bits per heavy atom. The first-order valence-corrected chi connectivity index (χ1v) is 7.92. The number of rotatable bonds is 6. The van der Waals surface area contributed by atoms with Gasteiger partial charge in [-0.2, -0.15) is 0 Å². The SMILES string of the molecule is O=C(CNC(=O)C1CCCC1)NCC(O)c1ccc(Cl)cc1. The van der Waals surface area contributed by atoms with E-state index >= 15 is 0 Å². The molecule has 1 aliphatic rings. The maximum Gasteiger partial charge on any atom is 0.239 e. The maximum absolute atomic E-state index is 11.8. The molecule has 1 fully saturated rings. The average molecular weight is 325 g/mol. The summed E-state index contributed by atoms with van der Waals surface area (Å²) in [6.07, 6.45) is 3.17. The second kappa shape index (κ2) is 8.15. The molecule has 0 aliphatic heterocycles. The van der Waals surface area contributed by atoms with Crippen LogP contribution in [0.15, 0.2) is 24.3 Å². The highest BCUT2D eigenvalue weighted by Crippen LogP contribution is 2.24. The highest BCUT2D eigenvalue weighted by molar-refractivity contribution is 6.30. The van der Waals surface area contributed by atoms with Gasteiger partial charge in [0, 0.05) is 17.5 Å². The van der Waals surface area contributed by atoms with Crippen molar-refractivity contribution in [2.24, 2.45) is 5.92 Å². The fraction of sp³-hybridized carbons (Fsp3) is 0.500. The summed E-state index contributed by atoms with van der Waals surface area (Å²) in [6.45, 7) is 0.0441. The van der Waals surface area contributed by atoms with Crippen LogP contribution in [0.25, 0.3) is 0 Å². The number of hydrogen-bond donors (Lipinski definition) is 3. The summed E-state index contributed by atoms with van der Waals surface area (Å²) in [5.41, 5.74) is 0.680. The Kier molecular flexibility index (Phi) is 6.21. The first-order valence-electron chi connectivity index (χ1n) is 7.54. The van der Waals surface area contributed by atoms with Crippen molar-refractivity contribution in [1.29, 1.82) is 0 Å². The first-order chi connectivity index (χ1) is 10.6. The molecule has 0 radical (unpaired) electrons. The minimum absolute atomic E-state index is 0.0486. The molecule has 2 rings (SSSR count). The predicted octanol–water partition coefficient (Wildman–Crippen LogP) is 1.80. The van der Waals surface area contributed by atoms with Crippen molar-refractivity contribution in [3.05, 3.63) is 34.9 Å². The van der Waals surface area contributed by atoms with Gasteiger partial charge in [-0.15, -0.1) is 0 Å². The lowest BCUT2D eigenvalue weighted by Gasteiger charge is -2.13. The zero-order chi connectivity index (χ0) is 15.9. The third-order valence-electron chi connectivity index (χ3n) is 3.90. The number of aliphatic hydroxyl groups excluding tert-OH is 1. The lowest BCUT2D eigenvalue weighted by Crippen LogP contribution is -2.40. The van der Waals surface area contributed by atoms with Crippen molar-refractivity contribution in [2.75, 3.05) is 13.1 Å². The van der Waals surface area contributed by atoms with Gasteiger partial charge in [-0.05, 0) is 30.5 Å². The fourth-order valence-electron chi connectivity index (χ4n) is 2.58. The topological polar surface area (TPSA) is 78.4 Å². The summed E-state index contributed by atoms with van der Waals surface area (Å²) in [4.78, 5) is 23.5. The Morgan fingerprint density at radius 1 is 1.18 bits per heavy atom. The molecule has 3 N–H and O–H groups in total. The summed E-state index contributed by atoms with van der Waals surface area (Å²) in [6, 6.07) is 6.79. The van der Waals surface area contributed by atoms with Crippen LogP contribution in [0.3, 0.4) is 0 Å². The summed E-state index contributed by atoms with van der Waals surface area (Å²) in [7, 11) is 0. The number of amides is 2. The van der Waals surface area contributed by atoms with Gasteiger partial charge in [-0.25, -0.2) is 0 Å². The van der Waals surface area contributed by atoms with Gasteiger partial charge in [0.05, 0.1) is 12.6 Å². The van der Waals surface area contributed by atoms with Crippen LogP contribution < -0.4 is 10.6 Å². The Bertz CT molecular complexity index is 513. The van der Waals surface area contributed by atoms with Gasteiger partial charge in [0.15, 0.2) is 0 Å². The number of carbonyl (C=O) groups is 2. The summed E-state index contributed by atoms with van der Waals surface area (Å²) < 4.78 is 0. The van der Waals surface area contributed by atoms with Crippen molar-refractivity contribution in [2.45, 2.75) is 31.8 Å². The molecule has 1 saturated carbocycles. The molecule has 1 atom stereocenters. The fourth-order valence-corrected chi connectivity index (χ4v) is 2.70. The normalized spacial score (nSPS) is 16.3. The Morgan fingerprint density at radius 2 is 1.82 bits per heavy atom. The quantitative estimate of drug-likeness (QED) is 0.746. The molecule has 1 aliphatic carbocycles. The van der Waals surface area contributed by atoms with Crippen LogP contribution in [0, 0.1) is 5.92 Å². The van der Waals surface area contributed by atoms with Crippen molar-refractivity contribution in [1.82, 2.24) is 10.6 Å². The van der Waals surface area contributed by atoms with Gasteiger partial charge in [0.25, 0.3) is 0 Å². The molecule has 0 heterocycles. The number of halogens is 1. The number of benzene rings is 1. The van der Waals surface area contributed by atoms with Crippen LogP contribution in [0.5, 0.6) is 0 Å². The second-order valence-corrected chi connectivity index (χ2v) is 6.01. The lowest BCUT2D eigenvalue weighted by molar-refractivity contribution is -0.128. The van der Waals surface area contributed by atoms with Crippen molar-refractivity contribution in [3.8, 4) is 0 Å². The molecule has 1 unspecified atom stereocenters. The van der Waals surface area contributed by atoms with E-state index in [-0.39, 0.29) is 30.8 Å². The Balaban J connectivity index is 1.68. The van der Waals surface area contributed by atoms with E-state index in [1.165, 1.54) is 0 Å². The van der Waals surface area contributed by atoms with E-state index in [1.807, 2.05) is 0 Å². The molecule has 0 bridgehead atoms. The third-order valence-corrected chi connectivity index (χ3v) is 4.15. The van der Waals surface area contributed by atoms with Crippen LogP contribution in [0.4, 0.5) is 0 Å². The molecular formula is C16H21ClN2O3. The molecule has 0 spiro atoms. The minimum atomic E-state index is -0.799. The van der Waals surface area contributed by atoms with Gasteiger partial charge < -0.3 is 15.7 Å². The summed E-state index contributed by atoms with van der Waals surface area (Å²) >= 11 is 5.78. The number of carbonyl (C=O) groups excluding carboxylic acids is 2. The minimum Gasteiger partial charge on any atom is -0.387 e. The monoisotopic (exact) mass is 324 g/mol. The van der Waals surface area contributed by atoms with E-state index in [4.69, 9.17) is 11.6 Å². The van der Waals surface area contributed by atoms with Crippen molar-refractivity contribution < 1.29 is 14.7 Å². The third kappa shape index (κ3) is 5.00. The maximum atomic E-state index is 11.8. The molecule has 1 aromatic rings.